The number of aromatic carboxylic acids is 1. The van der Waals surface area contributed by atoms with E-state index in [0.717, 1.165) is 4.90 Å². The van der Waals surface area contributed by atoms with Gasteiger partial charge in [-0.2, -0.15) is 0 Å². The highest BCUT2D eigenvalue weighted by molar-refractivity contribution is 8.00. The van der Waals surface area contributed by atoms with Gasteiger partial charge in [-0.15, -0.1) is 11.8 Å². The van der Waals surface area contributed by atoms with Crippen molar-refractivity contribution in [1.82, 2.24) is 0 Å². The molecule has 0 aliphatic heterocycles. The lowest BCUT2D eigenvalue weighted by atomic mass is 10.2. The molecule has 0 unspecified atom stereocenters. The molecule has 0 heterocycles. The number of carbonyl (C=O) groups is 3. The Bertz CT molecular complexity index is 1190. The Hall–Kier alpha value is -2.71. The summed E-state index contributed by atoms with van der Waals surface area (Å²) in [6.07, 6.45) is 0. The fraction of sp³-hybridized carbons (Fsp3) is 0.0455. The molecule has 0 atom stereocenters. The van der Waals surface area contributed by atoms with E-state index in [0.29, 0.717) is 16.3 Å². The smallest absolute Gasteiger partial charge is 0.335 e. The van der Waals surface area contributed by atoms with E-state index in [1.54, 1.807) is 36.4 Å². The molecule has 32 heavy (non-hydrogen) atoms. The fourth-order valence-corrected chi connectivity index (χ4v) is 3.95. The second-order valence-electron chi connectivity index (χ2n) is 6.44. The van der Waals surface area contributed by atoms with Gasteiger partial charge in [0.2, 0.25) is 5.91 Å². The predicted molar refractivity (Wildman–Crippen MR) is 129 cm³/mol. The van der Waals surface area contributed by atoms with Crippen molar-refractivity contribution < 1.29 is 19.5 Å². The minimum atomic E-state index is -1.11. The van der Waals surface area contributed by atoms with Crippen molar-refractivity contribution in [3.63, 3.8) is 0 Å². The van der Waals surface area contributed by atoms with Gasteiger partial charge in [0.1, 0.15) is 0 Å². The molecular formula is C22H15Cl3N2O4S. The highest BCUT2D eigenvalue weighted by Crippen LogP contribution is 2.26. The molecule has 3 aromatic rings. The predicted octanol–water partition coefficient (Wildman–Crippen LogP) is 6.33. The third-order valence-corrected chi connectivity index (χ3v) is 6.03. The van der Waals surface area contributed by atoms with Gasteiger partial charge >= 0.3 is 5.97 Å². The van der Waals surface area contributed by atoms with Gasteiger partial charge in [-0.1, -0.05) is 34.8 Å². The zero-order valence-electron chi connectivity index (χ0n) is 16.2. The van der Waals surface area contributed by atoms with Gasteiger partial charge in [0.25, 0.3) is 5.91 Å². The third kappa shape index (κ3) is 6.40. The normalized spacial score (nSPS) is 10.5. The summed E-state index contributed by atoms with van der Waals surface area (Å²) in [6.45, 7) is 0. The number of thioether (sulfide) groups is 1. The van der Waals surface area contributed by atoms with E-state index in [1.807, 2.05) is 0 Å². The van der Waals surface area contributed by atoms with Crippen molar-refractivity contribution >= 4 is 75.7 Å². The first-order valence-corrected chi connectivity index (χ1v) is 11.2. The highest BCUT2D eigenvalue weighted by atomic mass is 35.5. The van der Waals surface area contributed by atoms with E-state index in [9.17, 15) is 14.4 Å². The molecule has 0 fully saturated rings. The monoisotopic (exact) mass is 508 g/mol. The van der Waals surface area contributed by atoms with Crippen LogP contribution in [0, 0.1) is 0 Å². The molecule has 0 aliphatic rings. The maximum atomic E-state index is 12.4. The van der Waals surface area contributed by atoms with Crippen LogP contribution < -0.4 is 10.6 Å². The molecule has 0 saturated heterocycles. The van der Waals surface area contributed by atoms with Gasteiger partial charge in [0.15, 0.2) is 0 Å². The summed E-state index contributed by atoms with van der Waals surface area (Å²) in [5, 5.41) is 15.3. The summed E-state index contributed by atoms with van der Waals surface area (Å²) >= 11 is 19.2. The Morgan fingerprint density at radius 3 is 2.22 bits per heavy atom. The molecule has 164 valence electrons. The van der Waals surface area contributed by atoms with Crippen LogP contribution in [0.1, 0.15) is 20.7 Å². The average molecular weight is 510 g/mol. The van der Waals surface area contributed by atoms with Crippen molar-refractivity contribution in [1.29, 1.82) is 0 Å². The number of benzene rings is 3. The zero-order chi connectivity index (χ0) is 23.3. The molecule has 2 amide bonds. The quantitative estimate of drug-likeness (QED) is 0.324. The average Bonchev–Trinajstić information content (AvgIpc) is 2.74. The number of hydrogen-bond acceptors (Lipinski definition) is 4. The van der Waals surface area contributed by atoms with E-state index in [2.05, 4.69) is 10.6 Å². The van der Waals surface area contributed by atoms with Crippen LogP contribution in [0.25, 0.3) is 0 Å². The summed E-state index contributed by atoms with van der Waals surface area (Å²) in [4.78, 5) is 36.5. The standard InChI is InChI=1S/C22H15Cl3N2O4S/c23-13-2-7-16(18(25)10-13)21(29)26-14-3-5-15(6-4-14)32-11-20(28)27-19-9-12(22(30)31)1-8-17(19)24/h1-10H,11H2,(H,26,29)(H,27,28)(H,30,31). The van der Waals surface area contributed by atoms with Gasteiger partial charge in [0, 0.05) is 15.6 Å². The van der Waals surface area contributed by atoms with Crippen molar-refractivity contribution in [3.05, 3.63) is 86.9 Å². The summed E-state index contributed by atoms with van der Waals surface area (Å²) in [7, 11) is 0. The van der Waals surface area contributed by atoms with Crippen LogP contribution in [-0.2, 0) is 4.79 Å². The minimum absolute atomic E-state index is 0.0230. The number of carboxylic acid groups (broad SMARTS) is 1. The number of carboxylic acids is 1. The molecule has 6 nitrogen and oxygen atoms in total. The van der Waals surface area contributed by atoms with Gasteiger partial charge in [0.05, 0.1) is 32.6 Å². The fourth-order valence-electron chi connectivity index (χ4n) is 2.60. The van der Waals surface area contributed by atoms with Crippen LogP contribution in [0.4, 0.5) is 11.4 Å². The Morgan fingerprint density at radius 1 is 0.844 bits per heavy atom. The number of carbonyl (C=O) groups excluding carboxylic acids is 2. The van der Waals surface area contributed by atoms with Crippen LogP contribution in [-0.4, -0.2) is 28.6 Å². The summed E-state index contributed by atoms with van der Waals surface area (Å²) < 4.78 is 0. The first-order chi connectivity index (χ1) is 15.2. The topological polar surface area (TPSA) is 95.5 Å². The number of nitrogens with one attached hydrogen (secondary N) is 2. The van der Waals surface area contributed by atoms with Crippen LogP contribution in [0.3, 0.4) is 0 Å². The van der Waals surface area contributed by atoms with E-state index < -0.39 is 5.97 Å². The molecule has 0 bridgehead atoms. The Labute approximate surface area is 202 Å². The second-order valence-corrected chi connectivity index (χ2v) is 8.74. The summed E-state index contributed by atoms with van der Waals surface area (Å²) in [5.41, 5.74) is 1.12. The number of hydrogen-bond donors (Lipinski definition) is 3. The molecule has 0 aromatic heterocycles. The zero-order valence-corrected chi connectivity index (χ0v) is 19.3. The largest absolute Gasteiger partial charge is 0.478 e. The Morgan fingerprint density at radius 2 is 1.56 bits per heavy atom. The van der Waals surface area contributed by atoms with Gasteiger partial charge in [-0.05, 0) is 60.7 Å². The van der Waals surface area contributed by atoms with E-state index in [1.165, 1.54) is 36.0 Å². The number of amides is 2. The van der Waals surface area contributed by atoms with Gasteiger partial charge in [-0.3, -0.25) is 9.59 Å². The lowest BCUT2D eigenvalue weighted by Gasteiger charge is -2.09. The first-order valence-electron chi connectivity index (χ1n) is 9.05. The van der Waals surface area contributed by atoms with Crippen LogP contribution in [0.15, 0.2) is 65.6 Å². The number of halogens is 3. The van der Waals surface area contributed by atoms with Crippen LogP contribution in [0.5, 0.6) is 0 Å². The van der Waals surface area contributed by atoms with Crippen LogP contribution in [0.2, 0.25) is 15.1 Å². The van der Waals surface area contributed by atoms with Crippen molar-refractivity contribution in [3.8, 4) is 0 Å². The summed E-state index contributed by atoms with van der Waals surface area (Å²) in [5.74, 6) is -1.74. The summed E-state index contributed by atoms with van der Waals surface area (Å²) in [6, 6.07) is 15.6. The highest BCUT2D eigenvalue weighted by Gasteiger charge is 2.12. The molecule has 0 spiro atoms. The molecule has 0 radical (unpaired) electrons. The number of rotatable bonds is 7. The molecule has 3 N–H and O–H groups in total. The van der Waals surface area contributed by atoms with E-state index in [4.69, 9.17) is 39.9 Å². The number of anilines is 2. The maximum Gasteiger partial charge on any atom is 0.335 e. The Balaban J connectivity index is 1.56. The lowest BCUT2D eigenvalue weighted by Crippen LogP contribution is -2.15. The van der Waals surface area contributed by atoms with E-state index in [-0.39, 0.29) is 38.9 Å². The molecular weight excluding hydrogens is 495 g/mol. The molecule has 0 aliphatic carbocycles. The first kappa shape index (κ1) is 23.9. The SMILES string of the molecule is O=C(CSc1ccc(NC(=O)c2ccc(Cl)cc2Cl)cc1)Nc1cc(C(=O)O)ccc1Cl. The van der Waals surface area contributed by atoms with Crippen molar-refractivity contribution in [2.24, 2.45) is 0 Å². The van der Waals surface area contributed by atoms with E-state index >= 15 is 0 Å². The molecule has 3 aromatic carbocycles. The second kappa shape index (κ2) is 10.7. The van der Waals surface area contributed by atoms with Crippen molar-refractivity contribution in [2.75, 3.05) is 16.4 Å². The minimum Gasteiger partial charge on any atom is -0.478 e. The van der Waals surface area contributed by atoms with Crippen LogP contribution >= 0.6 is 46.6 Å². The maximum absolute atomic E-state index is 12.4. The molecule has 3 rings (SSSR count). The molecule has 0 saturated carbocycles. The van der Waals surface area contributed by atoms with Gasteiger partial charge in [-0.25, -0.2) is 4.79 Å². The Kier molecular flexibility index (Phi) is 8.04. The lowest BCUT2D eigenvalue weighted by molar-refractivity contribution is -0.113. The van der Waals surface area contributed by atoms with Crippen molar-refractivity contribution in [2.45, 2.75) is 4.90 Å². The third-order valence-electron chi connectivity index (χ3n) is 4.15. The molecule has 10 heteroatoms. The van der Waals surface area contributed by atoms with Gasteiger partial charge < -0.3 is 15.7 Å².